The number of para-hydroxylation sites is 2. The Morgan fingerprint density at radius 3 is 2.00 bits per heavy atom. The van der Waals surface area contributed by atoms with E-state index >= 15 is 0 Å². The van der Waals surface area contributed by atoms with Gasteiger partial charge in [-0.3, -0.25) is 4.79 Å². The van der Waals surface area contributed by atoms with Gasteiger partial charge in [-0.15, -0.1) is 10.1 Å². The molecule has 0 aliphatic carbocycles. The maximum atomic E-state index is 12.3. The van der Waals surface area contributed by atoms with Crippen molar-refractivity contribution < 1.29 is 43.3 Å². The molecule has 0 fully saturated rings. The lowest BCUT2D eigenvalue weighted by Gasteiger charge is -2.12. The summed E-state index contributed by atoms with van der Waals surface area (Å²) in [5.41, 5.74) is 0.0727. The lowest BCUT2D eigenvalue weighted by Crippen LogP contribution is -2.15. The molecule has 31 heavy (non-hydrogen) atoms. The second-order valence-electron chi connectivity index (χ2n) is 5.83. The molecule has 0 amide bonds. The van der Waals surface area contributed by atoms with Gasteiger partial charge in [0.05, 0.1) is 13.2 Å². The number of esters is 3. The molecule has 0 radical (unpaired) electrons. The number of carbonyl (C=O) groups excluding carboxylic acids is 3. The average Bonchev–Trinajstić information content (AvgIpc) is 2.73. The Hall–Kier alpha value is -4.15. The van der Waals surface area contributed by atoms with Gasteiger partial charge in [-0.05, 0) is 24.3 Å². The molecule has 0 aliphatic heterocycles. The highest BCUT2D eigenvalue weighted by Crippen LogP contribution is 2.21. The van der Waals surface area contributed by atoms with Crippen LogP contribution in [-0.2, 0) is 19.1 Å². The van der Waals surface area contributed by atoms with Crippen LogP contribution in [0, 0.1) is 10.1 Å². The van der Waals surface area contributed by atoms with Crippen LogP contribution in [0.2, 0.25) is 0 Å². The van der Waals surface area contributed by atoms with E-state index in [-0.39, 0.29) is 42.3 Å². The summed E-state index contributed by atoms with van der Waals surface area (Å²) in [5.74, 6) is -2.04. The van der Waals surface area contributed by atoms with Crippen LogP contribution in [0.25, 0.3) is 0 Å². The Balaban J connectivity index is 1.88. The molecule has 0 aliphatic rings. The van der Waals surface area contributed by atoms with E-state index in [9.17, 15) is 24.5 Å². The van der Waals surface area contributed by atoms with E-state index < -0.39 is 29.8 Å². The molecular weight excluding hydrogens is 414 g/mol. The fourth-order valence-corrected chi connectivity index (χ4v) is 2.31. The molecule has 0 saturated heterocycles. The van der Waals surface area contributed by atoms with Gasteiger partial charge >= 0.3 is 17.9 Å². The van der Waals surface area contributed by atoms with Crippen molar-refractivity contribution in [2.45, 2.75) is 13.3 Å². The van der Waals surface area contributed by atoms with Gasteiger partial charge in [-0.1, -0.05) is 24.3 Å². The van der Waals surface area contributed by atoms with Gasteiger partial charge in [0.2, 0.25) is 6.79 Å². The Kier molecular flexibility index (Phi) is 8.77. The molecular formula is C20H19NO10. The topological polar surface area (TPSA) is 141 Å². The summed E-state index contributed by atoms with van der Waals surface area (Å²) in [6.07, 6.45) is 0.226. The smallest absolute Gasteiger partial charge is 0.344 e. The summed E-state index contributed by atoms with van der Waals surface area (Å²) >= 11 is 0. The quantitative estimate of drug-likeness (QED) is 0.130. The summed E-state index contributed by atoms with van der Waals surface area (Å²) < 4.78 is 20.2. The average molecular weight is 433 g/mol. The summed E-state index contributed by atoms with van der Waals surface area (Å²) in [4.78, 5) is 49.9. The van der Waals surface area contributed by atoms with Crippen molar-refractivity contribution in [3.05, 3.63) is 69.8 Å². The predicted molar refractivity (Wildman–Crippen MR) is 103 cm³/mol. The van der Waals surface area contributed by atoms with E-state index in [1.54, 1.807) is 24.3 Å². The maximum Gasteiger partial charge on any atom is 0.344 e. The van der Waals surface area contributed by atoms with E-state index in [4.69, 9.17) is 18.9 Å². The lowest BCUT2D eigenvalue weighted by molar-refractivity contribution is -0.757. The van der Waals surface area contributed by atoms with Crippen LogP contribution in [0.1, 0.15) is 34.1 Å². The number of benzene rings is 2. The van der Waals surface area contributed by atoms with E-state index in [2.05, 4.69) is 4.84 Å². The summed E-state index contributed by atoms with van der Waals surface area (Å²) in [5, 5.41) is 9.20. The fourth-order valence-electron chi connectivity index (χ4n) is 2.31. The molecule has 164 valence electrons. The first-order valence-corrected chi connectivity index (χ1v) is 8.99. The molecule has 0 N–H and O–H groups in total. The zero-order chi connectivity index (χ0) is 22.6. The van der Waals surface area contributed by atoms with Gasteiger partial charge < -0.3 is 23.8 Å². The second kappa shape index (κ2) is 11.8. The Bertz CT molecular complexity index is 943. The highest BCUT2D eigenvalue weighted by molar-refractivity contribution is 5.94. The minimum atomic E-state index is -0.906. The summed E-state index contributed by atoms with van der Waals surface area (Å²) in [7, 11) is 0. The van der Waals surface area contributed by atoms with Crippen LogP contribution in [0.3, 0.4) is 0 Å². The van der Waals surface area contributed by atoms with Crippen LogP contribution >= 0.6 is 0 Å². The minimum absolute atomic E-state index is 0.00516. The van der Waals surface area contributed by atoms with Crippen molar-refractivity contribution >= 4 is 17.9 Å². The molecule has 2 rings (SSSR count). The van der Waals surface area contributed by atoms with Gasteiger partial charge in [0, 0.05) is 13.3 Å². The number of carbonyl (C=O) groups is 3. The van der Waals surface area contributed by atoms with Crippen molar-refractivity contribution in [2.24, 2.45) is 0 Å². The van der Waals surface area contributed by atoms with E-state index in [1.165, 1.54) is 31.2 Å². The molecule has 11 nitrogen and oxygen atoms in total. The third-order valence-corrected chi connectivity index (χ3v) is 3.59. The molecule has 0 bridgehead atoms. The zero-order valence-corrected chi connectivity index (χ0v) is 16.5. The van der Waals surface area contributed by atoms with Crippen LogP contribution < -0.4 is 9.47 Å². The van der Waals surface area contributed by atoms with E-state index in [1.807, 2.05) is 0 Å². The zero-order valence-electron chi connectivity index (χ0n) is 16.5. The van der Waals surface area contributed by atoms with Gasteiger partial charge in [0.15, 0.2) is 0 Å². The van der Waals surface area contributed by atoms with Gasteiger partial charge in [-0.25, -0.2) is 9.59 Å². The van der Waals surface area contributed by atoms with E-state index in [0.717, 1.165) is 0 Å². The van der Waals surface area contributed by atoms with Gasteiger partial charge in [0.25, 0.3) is 5.09 Å². The molecule has 0 heterocycles. The molecule has 11 heteroatoms. The van der Waals surface area contributed by atoms with Crippen molar-refractivity contribution in [3.8, 4) is 11.5 Å². The molecule has 0 saturated carbocycles. The number of nitrogens with zero attached hydrogens (tertiary/aromatic N) is 1. The monoisotopic (exact) mass is 433 g/mol. The van der Waals surface area contributed by atoms with Crippen molar-refractivity contribution in [3.63, 3.8) is 0 Å². The number of rotatable bonds is 11. The van der Waals surface area contributed by atoms with E-state index in [0.29, 0.717) is 0 Å². The highest BCUT2D eigenvalue weighted by Gasteiger charge is 2.17. The minimum Gasteiger partial charge on any atom is -0.493 e. The maximum absolute atomic E-state index is 12.3. The SMILES string of the molecule is CC(=O)Oc1ccccc1C(=O)OCOC(=O)c1ccccc1OCCCO[N+](=O)[O-]. The Morgan fingerprint density at radius 1 is 0.871 bits per heavy atom. The standard InChI is InChI=1S/C20H19NO10/c1-14(22)31-18-10-5-3-8-16(18)20(24)29-13-28-19(23)15-7-2-4-9-17(15)27-11-6-12-30-21(25)26/h2-5,7-10H,6,11-13H2,1H3. The largest absolute Gasteiger partial charge is 0.493 e. The Morgan fingerprint density at radius 2 is 1.42 bits per heavy atom. The summed E-state index contributed by atoms with van der Waals surface area (Å²) in [6.45, 7) is 0.431. The normalized spacial score (nSPS) is 9.97. The second-order valence-corrected chi connectivity index (χ2v) is 5.83. The lowest BCUT2D eigenvalue weighted by atomic mass is 10.2. The van der Waals surface area contributed by atoms with Crippen LogP contribution in [0.4, 0.5) is 0 Å². The first-order valence-electron chi connectivity index (χ1n) is 8.99. The molecule has 0 aromatic heterocycles. The van der Waals surface area contributed by atoms with Crippen LogP contribution in [0.15, 0.2) is 48.5 Å². The molecule has 2 aromatic rings. The van der Waals surface area contributed by atoms with Crippen molar-refractivity contribution in [1.82, 2.24) is 0 Å². The predicted octanol–water partition coefficient (Wildman–Crippen LogP) is 2.56. The molecule has 0 unspecified atom stereocenters. The van der Waals surface area contributed by atoms with Crippen molar-refractivity contribution in [1.29, 1.82) is 0 Å². The molecule has 0 spiro atoms. The number of ether oxygens (including phenoxy) is 4. The summed E-state index contributed by atoms with van der Waals surface area (Å²) in [6, 6.07) is 12.1. The Labute approximate surface area is 176 Å². The fraction of sp³-hybridized carbons (Fsp3) is 0.250. The van der Waals surface area contributed by atoms with Gasteiger partial charge in [-0.2, -0.15) is 0 Å². The van der Waals surface area contributed by atoms with Crippen LogP contribution in [0.5, 0.6) is 11.5 Å². The van der Waals surface area contributed by atoms with Crippen LogP contribution in [-0.4, -0.2) is 43.0 Å². The molecule has 0 atom stereocenters. The van der Waals surface area contributed by atoms with Gasteiger partial charge in [0.1, 0.15) is 22.6 Å². The number of hydrogen-bond acceptors (Lipinski definition) is 10. The first kappa shape index (κ1) is 23.1. The molecule has 2 aromatic carbocycles. The number of hydrogen-bond donors (Lipinski definition) is 0. The van der Waals surface area contributed by atoms with Crippen molar-refractivity contribution in [2.75, 3.05) is 20.0 Å². The third kappa shape index (κ3) is 7.65. The third-order valence-electron chi connectivity index (χ3n) is 3.59. The highest BCUT2D eigenvalue weighted by atomic mass is 16.9. The first-order chi connectivity index (χ1) is 14.9.